The highest BCUT2D eigenvalue weighted by molar-refractivity contribution is 6.00. The fourth-order valence-electron chi connectivity index (χ4n) is 3.66. The second kappa shape index (κ2) is 10.0. The molecule has 1 aromatic heterocycles. The zero-order chi connectivity index (χ0) is 23.2. The predicted molar refractivity (Wildman–Crippen MR) is 123 cm³/mol. The molecule has 0 aliphatic carbocycles. The molecule has 2 heterocycles. The molecule has 170 valence electrons. The fraction of sp³-hybridized carbons (Fsp3) is 0.240. The molecule has 0 saturated carbocycles. The minimum atomic E-state index is -0.422. The van der Waals surface area contributed by atoms with Gasteiger partial charge in [-0.15, -0.1) is 0 Å². The van der Waals surface area contributed by atoms with E-state index < -0.39 is 5.92 Å². The third-order valence-corrected chi connectivity index (χ3v) is 5.33. The van der Waals surface area contributed by atoms with E-state index in [4.69, 9.17) is 9.15 Å². The molecule has 0 unspecified atom stereocenters. The zero-order valence-corrected chi connectivity index (χ0v) is 18.2. The molecule has 1 aliphatic heterocycles. The number of amides is 3. The van der Waals surface area contributed by atoms with E-state index in [1.807, 2.05) is 31.2 Å². The molecule has 8 heteroatoms. The third kappa shape index (κ3) is 5.79. The maximum absolute atomic E-state index is 12.5. The first kappa shape index (κ1) is 22.1. The van der Waals surface area contributed by atoms with Gasteiger partial charge in [-0.05, 0) is 61.0 Å². The van der Waals surface area contributed by atoms with Gasteiger partial charge in [0.25, 0.3) is 5.91 Å². The van der Waals surface area contributed by atoms with Crippen molar-refractivity contribution in [3.05, 3.63) is 78.3 Å². The van der Waals surface area contributed by atoms with Crippen LogP contribution in [0.5, 0.6) is 5.75 Å². The second-order valence-corrected chi connectivity index (χ2v) is 7.90. The second-order valence-electron chi connectivity index (χ2n) is 7.90. The smallest absolute Gasteiger partial charge is 0.262 e. The van der Waals surface area contributed by atoms with Gasteiger partial charge in [0.05, 0.1) is 18.7 Å². The molecule has 1 fully saturated rings. The highest BCUT2D eigenvalue weighted by Crippen LogP contribution is 2.27. The van der Waals surface area contributed by atoms with Crippen LogP contribution in [0.4, 0.5) is 11.4 Å². The lowest BCUT2D eigenvalue weighted by Crippen LogP contribution is -2.32. The lowest BCUT2D eigenvalue weighted by atomic mass is 10.1. The number of rotatable bonds is 8. The number of hydrogen-bond donors (Lipinski definition) is 2. The summed E-state index contributed by atoms with van der Waals surface area (Å²) in [6.45, 7) is 2.42. The number of nitrogens with one attached hydrogen (secondary N) is 2. The van der Waals surface area contributed by atoms with Gasteiger partial charge >= 0.3 is 0 Å². The number of carbonyl (C=O) groups is 3. The van der Waals surface area contributed by atoms with Crippen LogP contribution in [0, 0.1) is 12.8 Å². The molecular formula is C25H25N3O5. The summed E-state index contributed by atoms with van der Waals surface area (Å²) in [6.07, 6.45) is 1.70. The molecule has 3 amide bonds. The summed E-state index contributed by atoms with van der Waals surface area (Å²) in [7, 11) is 0. The Morgan fingerprint density at radius 3 is 2.67 bits per heavy atom. The van der Waals surface area contributed by atoms with Crippen molar-refractivity contribution in [3.8, 4) is 5.75 Å². The Balaban J connectivity index is 1.27. The fourth-order valence-corrected chi connectivity index (χ4v) is 3.66. The maximum atomic E-state index is 12.5. The summed E-state index contributed by atoms with van der Waals surface area (Å²) >= 11 is 0. The Kier molecular flexibility index (Phi) is 6.73. The van der Waals surface area contributed by atoms with Crippen molar-refractivity contribution in [1.29, 1.82) is 0 Å². The number of aryl methyl sites for hydroxylation is 1. The number of ether oxygens (including phenoxy) is 1. The van der Waals surface area contributed by atoms with E-state index >= 15 is 0 Å². The van der Waals surface area contributed by atoms with E-state index in [1.165, 1.54) is 0 Å². The van der Waals surface area contributed by atoms with Crippen LogP contribution >= 0.6 is 0 Å². The molecule has 3 aromatic rings. The van der Waals surface area contributed by atoms with Crippen molar-refractivity contribution < 1.29 is 23.5 Å². The standard InChI is InChI=1S/C25H25N3O5/c1-17-4-2-5-19(12-17)27-23(29)16-33-21-9-7-20(8-10-21)28-15-18(13-24(28)30)25(31)26-14-22-6-3-11-32-22/h2-12,18H,13-16H2,1H3,(H,26,31)(H,27,29)/t18-/m0/s1. The summed E-state index contributed by atoms with van der Waals surface area (Å²) in [5.74, 6) is 0.197. The largest absolute Gasteiger partial charge is 0.484 e. The average Bonchev–Trinajstić information content (AvgIpc) is 3.46. The van der Waals surface area contributed by atoms with Crippen LogP contribution in [0.15, 0.2) is 71.3 Å². The van der Waals surface area contributed by atoms with Crippen molar-refractivity contribution in [1.82, 2.24) is 5.32 Å². The maximum Gasteiger partial charge on any atom is 0.262 e. The molecule has 1 atom stereocenters. The van der Waals surface area contributed by atoms with Crippen molar-refractivity contribution >= 4 is 29.1 Å². The molecule has 33 heavy (non-hydrogen) atoms. The SMILES string of the molecule is Cc1cccc(NC(=O)COc2ccc(N3C[C@@H](C(=O)NCc4ccco4)CC3=O)cc2)c1. The predicted octanol–water partition coefficient (Wildman–Crippen LogP) is 3.27. The van der Waals surface area contributed by atoms with Crippen LogP contribution in [0.25, 0.3) is 0 Å². The van der Waals surface area contributed by atoms with E-state index in [1.54, 1.807) is 47.6 Å². The molecule has 1 aliphatic rings. The molecule has 2 aromatic carbocycles. The Bertz CT molecular complexity index is 1130. The van der Waals surface area contributed by atoms with Crippen molar-refractivity contribution in [3.63, 3.8) is 0 Å². The third-order valence-electron chi connectivity index (χ3n) is 5.33. The summed E-state index contributed by atoms with van der Waals surface area (Å²) < 4.78 is 10.8. The van der Waals surface area contributed by atoms with Crippen LogP contribution in [0.3, 0.4) is 0 Å². The summed E-state index contributed by atoms with van der Waals surface area (Å²) in [5.41, 5.74) is 2.45. The molecule has 8 nitrogen and oxygen atoms in total. The Labute approximate surface area is 191 Å². The van der Waals surface area contributed by atoms with Gasteiger partial charge in [0.1, 0.15) is 11.5 Å². The molecule has 1 saturated heterocycles. The van der Waals surface area contributed by atoms with Gasteiger partial charge in [-0.2, -0.15) is 0 Å². The van der Waals surface area contributed by atoms with Crippen molar-refractivity contribution in [2.75, 3.05) is 23.4 Å². The molecule has 0 radical (unpaired) electrons. The molecule has 2 N–H and O–H groups in total. The minimum absolute atomic E-state index is 0.112. The van der Waals surface area contributed by atoms with Crippen LogP contribution in [0.2, 0.25) is 0 Å². The van der Waals surface area contributed by atoms with Gasteiger partial charge < -0.3 is 24.7 Å². The summed E-state index contributed by atoms with van der Waals surface area (Å²) in [6, 6.07) is 17.9. The highest BCUT2D eigenvalue weighted by atomic mass is 16.5. The number of benzene rings is 2. The van der Waals surface area contributed by atoms with Gasteiger partial charge in [0.15, 0.2) is 6.61 Å². The summed E-state index contributed by atoms with van der Waals surface area (Å²) in [5, 5.41) is 5.60. The van der Waals surface area contributed by atoms with E-state index in [2.05, 4.69) is 10.6 Å². The van der Waals surface area contributed by atoms with Gasteiger partial charge in [-0.1, -0.05) is 12.1 Å². The van der Waals surface area contributed by atoms with E-state index in [9.17, 15) is 14.4 Å². The van der Waals surface area contributed by atoms with Crippen LogP contribution in [-0.4, -0.2) is 30.9 Å². The number of furan rings is 1. The number of nitrogens with zero attached hydrogens (tertiary/aromatic N) is 1. The molecule has 0 bridgehead atoms. The lowest BCUT2D eigenvalue weighted by molar-refractivity contribution is -0.126. The minimum Gasteiger partial charge on any atom is -0.484 e. The quantitative estimate of drug-likeness (QED) is 0.552. The highest BCUT2D eigenvalue weighted by Gasteiger charge is 2.35. The lowest BCUT2D eigenvalue weighted by Gasteiger charge is -2.17. The first-order chi connectivity index (χ1) is 16.0. The Morgan fingerprint density at radius 2 is 1.94 bits per heavy atom. The topological polar surface area (TPSA) is 101 Å². The van der Waals surface area contributed by atoms with E-state index in [-0.39, 0.29) is 30.7 Å². The first-order valence-corrected chi connectivity index (χ1v) is 10.7. The molecule has 4 rings (SSSR count). The number of hydrogen-bond acceptors (Lipinski definition) is 5. The van der Waals surface area contributed by atoms with Gasteiger partial charge in [0, 0.05) is 24.3 Å². The van der Waals surface area contributed by atoms with Gasteiger partial charge in [0.2, 0.25) is 11.8 Å². The van der Waals surface area contributed by atoms with Crippen LogP contribution < -0.4 is 20.3 Å². The molecular weight excluding hydrogens is 422 g/mol. The normalized spacial score (nSPS) is 15.4. The Morgan fingerprint density at radius 1 is 1.12 bits per heavy atom. The van der Waals surface area contributed by atoms with Gasteiger partial charge in [-0.3, -0.25) is 14.4 Å². The van der Waals surface area contributed by atoms with E-state index in [0.717, 1.165) is 5.56 Å². The van der Waals surface area contributed by atoms with Crippen LogP contribution in [-0.2, 0) is 20.9 Å². The van der Waals surface area contributed by atoms with Crippen molar-refractivity contribution in [2.24, 2.45) is 5.92 Å². The van der Waals surface area contributed by atoms with E-state index in [0.29, 0.717) is 36.0 Å². The first-order valence-electron chi connectivity index (χ1n) is 10.7. The van der Waals surface area contributed by atoms with Crippen LogP contribution in [0.1, 0.15) is 17.7 Å². The number of carbonyl (C=O) groups excluding carboxylic acids is 3. The molecule has 0 spiro atoms. The summed E-state index contributed by atoms with van der Waals surface area (Å²) in [4.78, 5) is 38.6. The van der Waals surface area contributed by atoms with Gasteiger partial charge in [-0.25, -0.2) is 0 Å². The monoisotopic (exact) mass is 447 g/mol. The number of anilines is 2. The average molecular weight is 447 g/mol. The zero-order valence-electron chi connectivity index (χ0n) is 18.2. The Hall–Kier alpha value is -4.07. The van der Waals surface area contributed by atoms with Crippen molar-refractivity contribution in [2.45, 2.75) is 19.9 Å².